The lowest BCUT2D eigenvalue weighted by Crippen LogP contribution is -2.11. The number of hydrogen-bond donors (Lipinski definition) is 1. The van der Waals surface area contributed by atoms with E-state index in [2.05, 4.69) is 10.3 Å². The van der Waals surface area contributed by atoms with Crippen molar-refractivity contribution in [1.82, 2.24) is 9.38 Å². The lowest BCUT2D eigenvalue weighted by Gasteiger charge is -2.11. The van der Waals surface area contributed by atoms with E-state index in [-0.39, 0.29) is 5.91 Å². The number of nitrogens with zero attached hydrogens (tertiary/aromatic N) is 2. The lowest BCUT2D eigenvalue weighted by molar-refractivity contribution is 0.102. The lowest BCUT2D eigenvalue weighted by atomic mass is 10.1. The molecule has 1 amide bonds. The number of benzene rings is 1. The number of thiophene rings is 1. The van der Waals surface area contributed by atoms with Gasteiger partial charge >= 0.3 is 0 Å². The van der Waals surface area contributed by atoms with Crippen LogP contribution in [0.3, 0.4) is 0 Å². The van der Waals surface area contributed by atoms with Crippen LogP contribution in [0.25, 0.3) is 16.9 Å². The molecule has 0 saturated heterocycles. The normalized spacial score (nSPS) is 10.8. The van der Waals surface area contributed by atoms with Gasteiger partial charge in [0, 0.05) is 23.3 Å². The van der Waals surface area contributed by atoms with Gasteiger partial charge < -0.3 is 14.5 Å². The predicted octanol–water partition coefficient (Wildman–Crippen LogP) is 4.32. The van der Waals surface area contributed by atoms with Gasteiger partial charge in [-0.15, -0.1) is 0 Å². The minimum Gasteiger partial charge on any atom is -0.495 e. The molecule has 1 aromatic carbocycles. The number of amides is 1. The van der Waals surface area contributed by atoms with Crippen molar-refractivity contribution in [1.29, 1.82) is 0 Å². The van der Waals surface area contributed by atoms with E-state index in [1.807, 2.05) is 64.0 Å². The number of methoxy groups -OCH3 is 1. The van der Waals surface area contributed by atoms with Crippen LogP contribution < -0.4 is 10.1 Å². The highest BCUT2D eigenvalue weighted by Crippen LogP contribution is 2.31. The Hall–Kier alpha value is -3.12. The van der Waals surface area contributed by atoms with E-state index in [4.69, 9.17) is 4.74 Å². The van der Waals surface area contributed by atoms with Crippen molar-refractivity contribution in [2.24, 2.45) is 0 Å². The summed E-state index contributed by atoms with van der Waals surface area (Å²) in [5.41, 5.74) is 3.86. The molecule has 0 spiro atoms. The highest BCUT2D eigenvalue weighted by atomic mass is 32.1. The van der Waals surface area contributed by atoms with Crippen molar-refractivity contribution in [3.8, 4) is 17.0 Å². The van der Waals surface area contributed by atoms with Crippen molar-refractivity contribution in [3.63, 3.8) is 0 Å². The third-order valence-corrected chi connectivity index (χ3v) is 4.57. The Morgan fingerprint density at radius 2 is 2.16 bits per heavy atom. The summed E-state index contributed by atoms with van der Waals surface area (Å²) in [6, 6.07) is 13.3. The summed E-state index contributed by atoms with van der Waals surface area (Å²) in [6.07, 6.45) is 3.91. The predicted molar refractivity (Wildman–Crippen MR) is 99.5 cm³/mol. The molecule has 3 heterocycles. The van der Waals surface area contributed by atoms with E-state index in [1.54, 1.807) is 13.2 Å². The number of pyridine rings is 1. The number of anilines is 1. The molecular formula is C19H15N3O2S. The first kappa shape index (κ1) is 15.4. The van der Waals surface area contributed by atoms with Gasteiger partial charge in [-0.2, -0.15) is 11.3 Å². The molecule has 25 heavy (non-hydrogen) atoms. The number of rotatable bonds is 4. The second kappa shape index (κ2) is 6.41. The van der Waals surface area contributed by atoms with Gasteiger partial charge in [0.05, 0.1) is 24.1 Å². The summed E-state index contributed by atoms with van der Waals surface area (Å²) in [5, 5.41) is 6.60. The SMILES string of the molecule is COc1ccc(-c2cn3ccccc3n2)cc1NC(=O)c1ccsc1. The number of aromatic nitrogens is 2. The number of carbonyl (C=O) groups excluding carboxylic acids is 1. The van der Waals surface area contributed by atoms with Crippen LogP contribution in [0.15, 0.2) is 65.6 Å². The standard InChI is InChI=1S/C19H15N3O2S/c1-24-17-6-5-13(16-11-22-8-3-2-4-18(22)20-16)10-15(17)21-19(23)14-7-9-25-12-14/h2-12H,1H3,(H,21,23). The molecule has 0 unspecified atom stereocenters. The smallest absolute Gasteiger partial charge is 0.256 e. The zero-order chi connectivity index (χ0) is 17.2. The Kier molecular flexibility index (Phi) is 3.95. The molecule has 3 aromatic heterocycles. The molecule has 0 fully saturated rings. The maximum atomic E-state index is 12.4. The van der Waals surface area contributed by atoms with Crippen LogP contribution in [-0.4, -0.2) is 22.4 Å². The summed E-state index contributed by atoms with van der Waals surface area (Å²) >= 11 is 1.49. The number of nitrogens with one attached hydrogen (secondary N) is 1. The molecular weight excluding hydrogens is 334 g/mol. The Balaban J connectivity index is 1.71. The molecule has 0 bridgehead atoms. The maximum absolute atomic E-state index is 12.4. The average Bonchev–Trinajstić information content (AvgIpc) is 3.31. The molecule has 0 saturated carbocycles. The van der Waals surface area contributed by atoms with Gasteiger partial charge in [-0.05, 0) is 41.8 Å². The van der Waals surface area contributed by atoms with Crippen LogP contribution in [-0.2, 0) is 0 Å². The fourth-order valence-corrected chi connectivity index (χ4v) is 3.26. The molecule has 1 N–H and O–H groups in total. The summed E-state index contributed by atoms with van der Waals surface area (Å²) in [5.74, 6) is 0.447. The Morgan fingerprint density at radius 3 is 2.92 bits per heavy atom. The molecule has 4 aromatic rings. The van der Waals surface area contributed by atoms with E-state index < -0.39 is 0 Å². The highest BCUT2D eigenvalue weighted by Gasteiger charge is 2.13. The van der Waals surface area contributed by atoms with Crippen LogP contribution in [0, 0.1) is 0 Å². The first-order valence-electron chi connectivity index (χ1n) is 7.70. The second-order valence-electron chi connectivity index (χ2n) is 5.47. The van der Waals surface area contributed by atoms with Crippen molar-refractivity contribution < 1.29 is 9.53 Å². The van der Waals surface area contributed by atoms with Gasteiger partial charge in [0.25, 0.3) is 5.91 Å². The number of fused-ring (bicyclic) bond motifs is 1. The Labute approximate surface area is 148 Å². The largest absolute Gasteiger partial charge is 0.495 e. The van der Waals surface area contributed by atoms with Crippen LogP contribution in [0.5, 0.6) is 5.75 Å². The summed E-state index contributed by atoms with van der Waals surface area (Å²) in [7, 11) is 1.58. The maximum Gasteiger partial charge on any atom is 0.256 e. The van der Waals surface area contributed by atoms with Gasteiger partial charge in [-0.3, -0.25) is 4.79 Å². The zero-order valence-electron chi connectivity index (χ0n) is 13.5. The third kappa shape index (κ3) is 2.99. The van der Waals surface area contributed by atoms with Gasteiger partial charge in [0.15, 0.2) is 0 Å². The third-order valence-electron chi connectivity index (χ3n) is 3.89. The van der Waals surface area contributed by atoms with Gasteiger partial charge in [-0.25, -0.2) is 4.98 Å². The fourth-order valence-electron chi connectivity index (χ4n) is 2.63. The second-order valence-corrected chi connectivity index (χ2v) is 6.25. The molecule has 0 atom stereocenters. The van der Waals surface area contributed by atoms with Crippen molar-refractivity contribution in [2.45, 2.75) is 0 Å². The first-order valence-corrected chi connectivity index (χ1v) is 8.64. The number of ether oxygens (including phenoxy) is 1. The molecule has 0 radical (unpaired) electrons. The monoisotopic (exact) mass is 349 g/mol. The first-order chi connectivity index (χ1) is 12.2. The van der Waals surface area contributed by atoms with Gasteiger partial charge in [-0.1, -0.05) is 6.07 Å². The van der Waals surface area contributed by atoms with Crippen molar-refractivity contribution in [3.05, 3.63) is 71.2 Å². The number of imidazole rings is 1. The van der Waals surface area contributed by atoms with Crippen LogP contribution in [0.2, 0.25) is 0 Å². The summed E-state index contributed by atoms with van der Waals surface area (Å²) < 4.78 is 7.34. The minimum absolute atomic E-state index is 0.160. The van der Waals surface area contributed by atoms with Crippen LogP contribution >= 0.6 is 11.3 Å². The van der Waals surface area contributed by atoms with Gasteiger partial charge in [0.1, 0.15) is 11.4 Å². The molecule has 4 rings (SSSR count). The quantitative estimate of drug-likeness (QED) is 0.597. The topological polar surface area (TPSA) is 55.6 Å². The van der Waals surface area contributed by atoms with Crippen molar-refractivity contribution >= 4 is 28.6 Å². The van der Waals surface area contributed by atoms with E-state index in [0.717, 1.165) is 16.9 Å². The van der Waals surface area contributed by atoms with Crippen molar-refractivity contribution in [2.75, 3.05) is 12.4 Å². The Morgan fingerprint density at radius 1 is 1.24 bits per heavy atom. The molecule has 5 nitrogen and oxygen atoms in total. The van der Waals surface area contributed by atoms with Crippen LogP contribution in [0.4, 0.5) is 5.69 Å². The Bertz CT molecular complexity index is 1000. The molecule has 6 heteroatoms. The van der Waals surface area contributed by atoms with E-state index >= 15 is 0 Å². The number of carbonyl (C=O) groups is 1. The molecule has 0 aliphatic carbocycles. The molecule has 124 valence electrons. The molecule has 0 aliphatic heterocycles. The summed E-state index contributed by atoms with van der Waals surface area (Å²) in [6.45, 7) is 0. The highest BCUT2D eigenvalue weighted by molar-refractivity contribution is 7.08. The van der Waals surface area contributed by atoms with Crippen LogP contribution in [0.1, 0.15) is 10.4 Å². The molecule has 0 aliphatic rings. The fraction of sp³-hybridized carbons (Fsp3) is 0.0526. The van der Waals surface area contributed by atoms with E-state index in [9.17, 15) is 4.79 Å². The van der Waals surface area contributed by atoms with Gasteiger partial charge in [0.2, 0.25) is 0 Å². The average molecular weight is 349 g/mol. The van der Waals surface area contributed by atoms with E-state index in [1.165, 1.54) is 11.3 Å². The summed E-state index contributed by atoms with van der Waals surface area (Å²) in [4.78, 5) is 17.0. The minimum atomic E-state index is -0.160. The zero-order valence-corrected chi connectivity index (χ0v) is 14.3. The number of hydrogen-bond acceptors (Lipinski definition) is 4. The van der Waals surface area contributed by atoms with E-state index in [0.29, 0.717) is 17.0 Å².